The van der Waals surface area contributed by atoms with Crippen LogP contribution in [-0.4, -0.2) is 30.9 Å². The van der Waals surface area contributed by atoms with E-state index in [0.717, 1.165) is 29.2 Å². The van der Waals surface area contributed by atoms with Crippen LogP contribution in [0.5, 0.6) is 0 Å². The molecular weight excluding hydrogens is 392 g/mol. The number of amides is 1. The van der Waals surface area contributed by atoms with Gasteiger partial charge in [-0.25, -0.2) is 14.4 Å². The van der Waals surface area contributed by atoms with E-state index in [0.29, 0.717) is 0 Å². The van der Waals surface area contributed by atoms with Crippen LogP contribution in [0.15, 0.2) is 36.8 Å². The quantitative estimate of drug-likeness (QED) is 0.681. The number of aromatic nitrogens is 5. The first-order valence-electron chi connectivity index (χ1n) is 7.29. The predicted octanol–water partition coefficient (Wildman–Crippen LogP) is 2.80. The molecule has 27 heavy (non-hydrogen) atoms. The van der Waals surface area contributed by atoms with Gasteiger partial charge in [-0.05, 0) is 12.1 Å². The Balaban J connectivity index is 1.71. The minimum Gasteiger partial charge on any atom is -0.346 e. The summed E-state index contributed by atoms with van der Waals surface area (Å²) in [6.45, 7) is -0.132. The Morgan fingerprint density at radius 1 is 1.22 bits per heavy atom. The predicted molar refractivity (Wildman–Crippen MR) is 84.5 cm³/mol. The molecule has 0 aliphatic rings. The van der Waals surface area contributed by atoms with Crippen LogP contribution in [0.4, 0.5) is 17.6 Å². The van der Waals surface area contributed by atoms with Gasteiger partial charge >= 0.3 is 6.18 Å². The van der Waals surface area contributed by atoms with E-state index < -0.39 is 28.5 Å². The van der Waals surface area contributed by atoms with E-state index in [1.165, 1.54) is 12.3 Å². The molecule has 1 aromatic carbocycles. The molecule has 0 saturated heterocycles. The summed E-state index contributed by atoms with van der Waals surface area (Å²) in [6, 6.07) is 3.05. The Hall–Kier alpha value is -3.08. The SMILES string of the molecule is O=C(NCc1cn(-c2ncc(F)cn2)nn1)c1cccc(C(F)(F)F)c1Cl. The molecule has 0 bridgehead atoms. The van der Waals surface area contributed by atoms with E-state index in [2.05, 4.69) is 25.6 Å². The molecular formula is C15H9ClF4N6O. The monoisotopic (exact) mass is 400 g/mol. The number of hydrogen-bond donors (Lipinski definition) is 1. The number of carbonyl (C=O) groups excluding carboxylic acids is 1. The molecule has 0 fully saturated rings. The van der Waals surface area contributed by atoms with Gasteiger partial charge in [0, 0.05) is 0 Å². The fourth-order valence-corrected chi connectivity index (χ4v) is 2.41. The largest absolute Gasteiger partial charge is 0.417 e. The summed E-state index contributed by atoms with van der Waals surface area (Å²) in [5.74, 6) is -1.37. The maximum absolute atomic E-state index is 12.9. The molecule has 3 rings (SSSR count). The van der Waals surface area contributed by atoms with Gasteiger partial charge in [-0.1, -0.05) is 22.9 Å². The Morgan fingerprint density at radius 3 is 2.59 bits per heavy atom. The van der Waals surface area contributed by atoms with Crippen molar-refractivity contribution in [3.8, 4) is 5.95 Å². The van der Waals surface area contributed by atoms with Crippen molar-refractivity contribution in [2.45, 2.75) is 12.7 Å². The van der Waals surface area contributed by atoms with Crippen LogP contribution in [-0.2, 0) is 12.7 Å². The minimum atomic E-state index is -4.68. The standard InChI is InChI=1S/C15H9ClF4N6O/c16-12-10(2-1-3-11(12)15(18,19)20)13(27)21-6-9-7-26(25-24-9)14-22-4-8(17)5-23-14/h1-5,7H,6H2,(H,21,27). The van der Waals surface area contributed by atoms with Gasteiger partial charge in [-0.15, -0.1) is 5.10 Å². The first kappa shape index (κ1) is 18.7. The van der Waals surface area contributed by atoms with Crippen molar-refractivity contribution in [2.24, 2.45) is 0 Å². The zero-order valence-electron chi connectivity index (χ0n) is 13.2. The number of hydrogen-bond acceptors (Lipinski definition) is 5. The molecule has 0 radical (unpaired) electrons. The number of nitrogens with one attached hydrogen (secondary N) is 1. The van der Waals surface area contributed by atoms with Crippen molar-refractivity contribution >= 4 is 17.5 Å². The van der Waals surface area contributed by atoms with Crippen molar-refractivity contribution in [1.29, 1.82) is 0 Å². The normalized spacial score (nSPS) is 11.4. The summed E-state index contributed by atoms with van der Waals surface area (Å²) < 4.78 is 52.5. The zero-order chi connectivity index (χ0) is 19.6. The maximum atomic E-state index is 12.9. The zero-order valence-corrected chi connectivity index (χ0v) is 14.0. The van der Waals surface area contributed by atoms with Gasteiger partial charge in [0.2, 0.25) is 0 Å². The van der Waals surface area contributed by atoms with Crippen molar-refractivity contribution in [3.63, 3.8) is 0 Å². The van der Waals surface area contributed by atoms with E-state index in [-0.39, 0.29) is 23.8 Å². The third-order valence-corrected chi connectivity index (χ3v) is 3.74. The molecule has 0 aliphatic heterocycles. The van der Waals surface area contributed by atoms with Crippen LogP contribution in [0, 0.1) is 5.82 Å². The summed E-state index contributed by atoms with van der Waals surface area (Å²) in [6.07, 6.45) is -1.41. The molecule has 1 N–H and O–H groups in total. The molecule has 0 aliphatic carbocycles. The molecule has 0 atom stereocenters. The fourth-order valence-electron chi connectivity index (χ4n) is 2.09. The van der Waals surface area contributed by atoms with Crippen molar-refractivity contribution in [2.75, 3.05) is 0 Å². The lowest BCUT2D eigenvalue weighted by atomic mass is 10.1. The van der Waals surface area contributed by atoms with Gasteiger partial charge in [0.15, 0.2) is 5.82 Å². The second-order valence-electron chi connectivity index (χ2n) is 5.20. The lowest BCUT2D eigenvalue weighted by Gasteiger charge is -2.12. The van der Waals surface area contributed by atoms with Crippen molar-refractivity contribution in [1.82, 2.24) is 30.3 Å². The van der Waals surface area contributed by atoms with Gasteiger partial charge in [-0.2, -0.15) is 17.9 Å². The van der Waals surface area contributed by atoms with Gasteiger partial charge in [0.05, 0.1) is 41.3 Å². The first-order valence-corrected chi connectivity index (χ1v) is 7.66. The lowest BCUT2D eigenvalue weighted by Crippen LogP contribution is -2.24. The molecule has 0 saturated carbocycles. The fraction of sp³-hybridized carbons (Fsp3) is 0.133. The van der Waals surface area contributed by atoms with E-state index in [1.807, 2.05) is 0 Å². The first-order chi connectivity index (χ1) is 12.8. The highest BCUT2D eigenvalue weighted by atomic mass is 35.5. The summed E-state index contributed by atoms with van der Waals surface area (Å²) in [7, 11) is 0. The van der Waals surface area contributed by atoms with Gasteiger partial charge < -0.3 is 5.32 Å². The molecule has 140 valence electrons. The van der Waals surface area contributed by atoms with Crippen LogP contribution in [0.25, 0.3) is 5.95 Å². The van der Waals surface area contributed by atoms with Crippen LogP contribution >= 0.6 is 11.6 Å². The van der Waals surface area contributed by atoms with Gasteiger partial charge in [-0.3, -0.25) is 4.79 Å². The highest BCUT2D eigenvalue weighted by Crippen LogP contribution is 2.36. The lowest BCUT2D eigenvalue weighted by molar-refractivity contribution is -0.137. The number of alkyl halides is 3. The van der Waals surface area contributed by atoms with Gasteiger partial charge in [0.25, 0.3) is 11.9 Å². The topological polar surface area (TPSA) is 85.6 Å². The average Bonchev–Trinajstić information content (AvgIpc) is 3.08. The summed E-state index contributed by atoms with van der Waals surface area (Å²) >= 11 is 5.71. The molecule has 1 amide bonds. The van der Waals surface area contributed by atoms with Crippen LogP contribution in [0.1, 0.15) is 21.6 Å². The van der Waals surface area contributed by atoms with Gasteiger partial charge in [0.1, 0.15) is 5.69 Å². The number of nitrogens with zero attached hydrogens (tertiary/aromatic N) is 5. The summed E-state index contributed by atoms with van der Waals surface area (Å²) in [4.78, 5) is 19.6. The molecule has 2 heterocycles. The molecule has 0 spiro atoms. The molecule has 12 heteroatoms. The summed E-state index contributed by atoms with van der Waals surface area (Å²) in [5.41, 5.74) is -1.14. The molecule has 7 nitrogen and oxygen atoms in total. The van der Waals surface area contributed by atoms with Crippen LogP contribution in [0.3, 0.4) is 0 Å². The Kier molecular flexibility index (Phi) is 5.04. The average molecular weight is 401 g/mol. The highest BCUT2D eigenvalue weighted by Gasteiger charge is 2.34. The second kappa shape index (κ2) is 7.27. The van der Waals surface area contributed by atoms with Crippen molar-refractivity contribution in [3.05, 3.63) is 64.5 Å². The van der Waals surface area contributed by atoms with Crippen LogP contribution < -0.4 is 5.32 Å². The smallest absolute Gasteiger partial charge is 0.346 e. The third-order valence-electron chi connectivity index (χ3n) is 3.33. The Labute approximate surface area is 154 Å². The van der Waals surface area contributed by atoms with Crippen LogP contribution in [0.2, 0.25) is 5.02 Å². The van der Waals surface area contributed by atoms with E-state index in [1.54, 1.807) is 0 Å². The van der Waals surface area contributed by atoms with E-state index >= 15 is 0 Å². The minimum absolute atomic E-state index is 0.0578. The Bertz CT molecular complexity index is 973. The maximum Gasteiger partial charge on any atom is 0.417 e. The Morgan fingerprint density at radius 2 is 1.93 bits per heavy atom. The number of rotatable bonds is 4. The molecule has 2 aromatic heterocycles. The number of halogens is 5. The summed E-state index contributed by atoms with van der Waals surface area (Å²) in [5, 5.41) is 9.21. The number of carbonyl (C=O) groups is 1. The highest BCUT2D eigenvalue weighted by molar-refractivity contribution is 6.34. The van der Waals surface area contributed by atoms with E-state index in [9.17, 15) is 22.4 Å². The van der Waals surface area contributed by atoms with E-state index in [4.69, 9.17) is 11.6 Å². The third kappa shape index (κ3) is 4.19. The molecule has 0 unspecified atom stereocenters. The molecule has 3 aromatic rings. The number of benzene rings is 1. The second-order valence-corrected chi connectivity index (χ2v) is 5.58. The van der Waals surface area contributed by atoms with Crippen molar-refractivity contribution < 1.29 is 22.4 Å².